The molecule has 1 aromatic carbocycles. The molecule has 0 aromatic heterocycles. The molecule has 1 aromatic rings. The van der Waals surface area contributed by atoms with Crippen LogP contribution in [0.5, 0.6) is 0 Å². The summed E-state index contributed by atoms with van der Waals surface area (Å²) < 4.78 is 0. The Morgan fingerprint density at radius 2 is 2.00 bits per heavy atom. The summed E-state index contributed by atoms with van der Waals surface area (Å²) >= 11 is 0. The molecule has 0 saturated heterocycles. The van der Waals surface area contributed by atoms with E-state index in [1.165, 1.54) is 0 Å². The second-order valence-electron chi connectivity index (χ2n) is 4.61. The van der Waals surface area contributed by atoms with Crippen molar-refractivity contribution < 1.29 is 4.79 Å². The van der Waals surface area contributed by atoms with E-state index in [1.807, 2.05) is 13.0 Å². The molecule has 1 atom stereocenters. The van der Waals surface area contributed by atoms with Crippen LogP contribution in [-0.2, 0) is 4.79 Å². The van der Waals surface area contributed by atoms with Crippen molar-refractivity contribution in [3.63, 3.8) is 0 Å². The Labute approximate surface area is 108 Å². The van der Waals surface area contributed by atoms with E-state index in [0.29, 0.717) is 17.2 Å². The van der Waals surface area contributed by atoms with E-state index in [0.717, 1.165) is 0 Å². The number of hydrogen-bond donors (Lipinski definition) is 2. The van der Waals surface area contributed by atoms with Crippen molar-refractivity contribution in [1.29, 1.82) is 5.26 Å². The number of hydrogen-bond acceptors (Lipinski definition) is 3. The number of nitrogens with zero attached hydrogens (tertiary/aromatic N) is 1. The SMILES string of the molecule is CC(C)C(C)NC(=O)CNc1ccccc1C#N. The van der Waals surface area contributed by atoms with Gasteiger partial charge in [-0.2, -0.15) is 5.26 Å². The predicted molar refractivity (Wildman–Crippen MR) is 72.1 cm³/mol. The number of nitriles is 1. The van der Waals surface area contributed by atoms with Crippen molar-refractivity contribution in [2.45, 2.75) is 26.8 Å². The van der Waals surface area contributed by atoms with Gasteiger partial charge in [-0.1, -0.05) is 26.0 Å². The second kappa shape index (κ2) is 6.65. The molecule has 0 aliphatic rings. The average Bonchev–Trinajstić information content (AvgIpc) is 2.36. The van der Waals surface area contributed by atoms with Gasteiger partial charge in [-0.05, 0) is 25.0 Å². The fourth-order valence-corrected chi connectivity index (χ4v) is 1.38. The van der Waals surface area contributed by atoms with Gasteiger partial charge in [0.05, 0.1) is 17.8 Å². The molecule has 0 bridgehead atoms. The number of carbonyl (C=O) groups is 1. The quantitative estimate of drug-likeness (QED) is 0.835. The fraction of sp³-hybridized carbons (Fsp3) is 0.429. The minimum atomic E-state index is -0.0658. The molecule has 4 heteroatoms. The summed E-state index contributed by atoms with van der Waals surface area (Å²) in [5, 5.41) is 14.8. The van der Waals surface area contributed by atoms with Gasteiger partial charge in [0.1, 0.15) is 6.07 Å². The lowest BCUT2D eigenvalue weighted by Crippen LogP contribution is -2.39. The van der Waals surface area contributed by atoms with Crippen molar-refractivity contribution in [2.75, 3.05) is 11.9 Å². The summed E-state index contributed by atoms with van der Waals surface area (Å²) in [5.74, 6) is 0.337. The lowest BCUT2D eigenvalue weighted by molar-refractivity contribution is -0.120. The third-order valence-corrected chi connectivity index (χ3v) is 2.88. The van der Waals surface area contributed by atoms with Crippen LogP contribution in [0.25, 0.3) is 0 Å². The van der Waals surface area contributed by atoms with Crippen LogP contribution in [0.4, 0.5) is 5.69 Å². The molecule has 4 nitrogen and oxygen atoms in total. The van der Waals surface area contributed by atoms with E-state index in [4.69, 9.17) is 5.26 Å². The molecule has 0 radical (unpaired) electrons. The maximum atomic E-state index is 11.7. The zero-order valence-electron chi connectivity index (χ0n) is 11.0. The number of anilines is 1. The first kappa shape index (κ1) is 14.0. The number of nitrogens with one attached hydrogen (secondary N) is 2. The molecule has 1 amide bonds. The maximum Gasteiger partial charge on any atom is 0.239 e. The Kier molecular flexibility index (Phi) is 5.19. The molecule has 0 fully saturated rings. The number of para-hydroxylation sites is 1. The van der Waals surface area contributed by atoms with E-state index in [1.54, 1.807) is 18.2 Å². The first-order valence-electron chi connectivity index (χ1n) is 6.07. The molecule has 0 aliphatic heterocycles. The minimum Gasteiger partial charge on any atom is -0.375 e. The molecular weight excluding hydrogens is 226 g/mol. The van der Waals surface area contributed by atoms with Crippen molar-refractivity contribution >= 4 is 11.6 Å². The van der Waals surface area contributed by atoms with Gasteiger partial charge in [-0.15, -0.1) is 0 Å². The van der Waals surface area contributed by atoms with E-state index in [9.17, 15) is 4.79 Å². The molecule has 0 saturated carbocycles. The number of rotatable bonds is 5. The molecular formula is C14H19N3O. The van der Waals surface area contributed by atoms with Gasteiger partial charge in [0.15, 0.2) is 0 Å². The zero-order valence-corrected chi connectivity index (χ0v) is 11.0. The summed E-state index contributed by atoms with van der Waals surface area (Å²) in [6, 6.07) is 9.36. The van der Waals surface area contributed by atoms with Gasteiger partial charge in [-0.3, -0.25) is 4.79 Å². The van der Waals surface area contributed by atoms with Gasteiger partial charge < -0.3 is 10.6 Å². The van der Waals surface area contributed by atoms with Crippen LogP contribution >= 0.6 is 0 Å². The van der Waals surface area contributed by atoms with Crippen molar-refractivity contribution in [2.24, 2.45) is 5.92 Å². The number of amides is 1. The number of benzene rings is 1. The average molecular weight is 245 g/mol. The third kappa shape index (κ3) is 4.10. The van der Waals surface area contributed by atoms with Gasteiger partial charge in [-0.25, -0.2) is 0 Å². The molecule has 2 N–H and O–H groups in total. The maximum absolute atomic E-state index is 11.7. The molecule has 96 valence electrons. The molecule has 0 spiro atoms. The molecule has 1 unspecified atom stereocenters. The second-order valence-corrected chi connectivity index (χ2v) is 4.61. The van der Waals surface area contributed by atoms with E-state index >= 15 is 0 Å². The first-order valence-corrected chi connectivity index (χ1v) is 6.07. The topological polar surface area (TPSA) is 64.9 Å². The molecule has 18 heavy (non-hydrogen) atoms. The molecule has 1 rings (SSSR count). The lowest BCUT2D eigenvalue weighted by atomic mass is 10.1. The standard InChI is InChI=1S/C14H19N3O/c1-10(2)11(3)17-14(18)9-16-13-7-5-4-6-12(13)8-15/h4-7,10-11,16H,9H2,1-3H3,(H,17,18). The van der Waals surface area contributed by atoms with Crippen LogP contribution in [0.1, 0.15) is 26.3 Å². The van der Waals surface area contributed by atoms with Gasteiger partial charge in [0.2, 0.25) is 5.91 Å². The van der Waals surface area contributed by atoms with Crippen LogP contribution in [0.3, 0.4) is 0 Å². The Bertz CT molecular complexity index is 449. The van der Waals surface area contributed by atoms with Crippen LogP contribution < -0.4 is 10.6 Å². The zero-order chi connectivity index (χ0) is 13.5. The highest BCUT2D eigenvalue weighted by Crippen LogP contribution is 2.12. The highest BCUT2D eigenvalue weighted by atomic mass is 16.1. The van der Waals surface area contributed by atoms with E-state index < -0.39 is 0 Å². The Hall–Kier alpha value is -2.02. The smallest absolute Gasteiger partial charge is 0.239 e. The highest BCUT2D eigenvalue weighted by molar-refractivity contribution is 5.81. The van der Waals surface area contributed by atoms with E-state index in [-0.39, 0.29) is 18.5 Å². The van der Waals surface area contributed by atoms with Crippen molar-refractivity contribution in [1.82, 2.24) is 5.32 Å². The Morgan fingerprint density at radius 3 is 2.61 bits per heavy atom. The van der Waals surface area contributed by atoms with Gasteiger partial charge >= 0.3 is 0 Å². The largest absolute Gasteiger partial charge is 0.375 e. The minimum absolute atomic E-state index is 0.0658. The summed E-state index contributed by atoms with van der Waals surface area (Å²) in [7, 11) is 0. The summed E-state index contributed by atoms with van der Waals surface area (Å²) in [4.78, 5) is 11.7. The summed E-state index contributed by atoms with van der Waals surface area (Å²) in [5.41, 5.74) is 1.23. The molecule has 0 aliphatic carbocycles. The van der Waals surface area contributed by atoms with Crippen LogP contribution in [0.15, 0.2) is 24.3 Å². The number of carbonyl (C=O) groups excluding carboxylic acids is 1. The Balaban J connectivity index is 2.51. The molecule has 0 heterocycles. The normalized spacial score (nSPS) is 11.7. The monoisotopic (exact) mass is 245 g/mol. The van der Waals surface area contributed by atoms with Gasteiger partial charge in [0, 0.05) is 6.04 Å². The highest BCUT2D eigenvalue weighted by Gasteiger charge is 2.10. The van der Waals surface area contributed by atoms with Crippen LogP contribution in [0.2, 0.25) is 0 Å². The fourth-order valence-electron chi connectivity index (χ4n) is 1.38. The summed E-state index contributed by atoms with van der Waals surface area (Å²) in [6.07, 6.45) is 0. The van der Waals surface area contributed by atoms with E-state index in [2.05, 4.69) is 30.6 Å². The van der Waals surface area contributed by atoms with Gasteiger partial charge in [0.25, 0.3) is 0 Å². The third-order valence-electron chi connectivity index (χ3n) is 2.88. The van der Waals surface area contributed by atoms with Crippen LogP contribution in [0, 0.1) is 17.2 Å². The van der Waals surface area contributed by atoms with Crippen molar-refractivity contribution in [3.8, 4) is 6.07 Å². The summed E-state index contributed by atoms with van der Waals surface area (Å²) in [6.45, 7) is 6.27. The van der Waals surface area contributed by atoms with Crippen LogP contribution in [-0.4, -0.2) is 18.5 Å². The predicted octanol–water partition coefficient (Wildman–Crippen LogP) is 2.13. The lowest BCUT2D eigenvalue weighted by Gasteiger charge is -2.17. The first-order chi connectivity index (χ1) is 8.54. The Morgan fingerprint density at radius 1 is 1.33 bits per heavy atom. The van der Waals surface area contributed by atoms with Crippen molar-refractivity contribution in [3.05, 3.63) is 29.8 Å².